The van der Waals surface area contributed by atoms with Crippen LogP contribution in [-0.4, -0.2) is 39.7 Å². The minimum atomic E-state index is -4.27. The fourth-order valence-electron chi connectivity index (χ4n) is 3.15. The lowest BCUT2D eigenvalue weighted by atomic mass is 10.1. The van der Waals surface area contributed by atoms with Crippen LogP contribution in [0.4, 0.5) is 19.0 Å². The number of halogens is 4. The first-order valence-electron chi connectivity index (χ1n) is 10.5. The minimum absolute atomic E-state index is 0.0189. The highest BCUT2D eigenvalue weighted by atomic mass is 35.5. The van der Waals surface area contributed by atoms with Crippen molar-refractivity contribution in [1.82, 2.24) is 24.9 Å². The molecule has 1 saturated carbocycles. The Kier molecular flexibility index (Phi) is 6.62. The molecule has 34 heavy (non-hydrogen) atoms. The summed E-state index contributed by atoms with van der Waals surface area (Å²) < 4.78 is 49.1. The number of amides is 1. The predicted octanol–water partition coefficient (Wildman–Crippen LogP) is 4.65. The zero-order chi connectivity index (χ0) is 24.7. The van der Waals surface area contributed by atoms with Gasteiger partial charge in [-0.3, -0.25) is 19.2 Å². The van der Waals surface area contributed by atoms with E-state index in [1.165, 1.54) is 11.1 Å². The quantitative estimate of drug-likeness (QED) is 0.409. The number of hydrogen-bond acceptors (Lipinski definition) is 7. The third-order valence-electron chi connectivity index (χ3n) is 5.50. The molecular formula is C21H24ClF3N6O2S. The number of carbonyl (C=O) groups excluding carboxylic acids is 1. The molecule has 1 atom stereocenters. The van der Waals surface area contributed by atoms with Crippen LogP contribution >= 0.6 is 23.5 Å². The van der Waals surface area contributed by atoms with Crippen LogP contribution in [-0.2, 0) is 10.3 Å². The molecular weight excluding hydrogens is 493 g/mol. The van der Waals surface area contributed by atoms with Crippen molar-refractivity contribution in [2.45, 2.75) is 56.5 Å². The highest BCUT2D eigenvalue weighted by Gasteiger charge is 2.63. The van der Waals surface area contributed by atoms with E-state index in [1.807, 2.05) is 27.0 Å². The molecule has 4 rings (SSSR count). The third-order valence-corrected chi connectivity index (χ3v) is 6.53. The van der Waals surface area contributed by atoms with Gasteiger partial charge >= 0.3 is 6.18 Å². The van der Waals surface area contributed by atoms with Crippen molar-refractivity contribution in [3.8, 4) is 0 Å². The van der Waals surface area contributed by atoms with E-state index >= 15 is 0 Å². The molecule has 0 radical (unpaired) electrons. The number of alkyl halides is 3. The summed E-state index contributed by atoms with van der Waals surface area (Å²) in [7, 11) is 0. The Morgan fingerprint density at radius 3 is 2.68 bits per heavy atom. The number of nitrogens with one attached hydrogen (secondary N) is 2. The normalized spacial score (nSPS) is 19.5. The summed E-state index contributed by atoms with van der Waals surface area (Å²) in [6, 6.07) is 3.09. The van der Waals surface area contributed by atoms with Crippen molar-refractivity contribution in [1.29, 1.82) is 0 Å². The van der Waals surface area contributed by atoms with Crippen molar-refractivity contribution in [2.24, 2.45) is 5.41 Å². The van der Waals surface area contributed by atoms with Crippen molar-refractivity contribution >= 4 is 35.3 Å². The summed E-state index contributed by atoms with van der Waals surface area (Å²) in [6.07, 6.45) is 1.81. The number of rotatable bonds is 7. The van der Waals surface area contributed by atoms with Gasteiger partial charge in [0, 0.05) is 12.4 Å². The fraction of sp³-hybridized carbons (Fsp3) is 0.476. The van der Waals surface area contributed by atoms with E-state index in [2.05, 4.69) is 20.2 Å². The molecule has 0 aromatic carbocycles. The van der Waals surface area contributed by atoms with Gasteiger partial charge in [0.2, 0.25) is 0 Å². The summed E-state index contributed by atoms with van der Waals surface area (Å²) in [5.41, 5.74) is 1.16. The van der Waals surface area contributed by atoms with Gasteiger partial charge in [-0.05, 0) is 63.8 Å². The van der Waals surface area contributed by atoms with E-state index in [1.54, 1.807) is 29.2 Å². The monoisotopic (exact) mass is 516 g/mol. The second kappa shape index (κ2) is 9.06. The van der Waals surface area contributed by atoms with E-state index in [4.69, 9.17) is 16.3 Å². The summed E-state index contributed by atoms with van der Waals surface area (Å²) in [5.74, 6) is -0.0643. The number of hydrazine groups is 1. The first kappa shape index (κ1) is 24.8. The van der Waals surface area contributed by atoms with Crippen LogP contribution in [0.15, 0.2) is 41.7 Å². The molecule has 2 aromatic heterocycles. The summed E-state index contributed by atoms with van der Waals surface area (Å²) in [6.45, 7) is 5.65. The Morgan fingerprint density at radius 2 is 2.09 bits per heavy atom. The van der Waals surface area contributed by atoms with Gasteiger partial charge in [0.1, 0.15) is 17.2 Å². The average molecular weight is 517 g/mol. The third kappa shape index (κ3) is 5.35. The molecule has 2 N–H and O–H groups in total. The van der Waals surface area contributed by atoms with Gasteiger partial charge in [-0.2, -0.15) is 23.7 Å². The van der Waals surface area contributed by atoms with Gasteiger partial charge in [0.05, 0.1) is 34.2 Å². The van der Waals surface area contributed by atoms with Gasteiger partial charge in [0.15, 0.2) is 0 Å². The van der Waals surface area contributed by atoms with E-state index in [9.17, 15) is 18.0 Å². The number of carbonyl (C=O) groups is 1. The van der Waals surface area contributed by atoms with Gasteiger partial charge < -0.3 is 4.74 Å². The lowest BCUT2D eigenvalue weighted by molar-refractivity contribution is -0.204. The van der Waals surface area contributed by atoms with E-state index in [0.717, 1.165) is 16.8 Å². The largest absolute Gasteiger partial charge is 0.396 e. The molecule has 13 heteroatoms. The van der Waals surface area contributed by atoms with Gasteiger partial charge in [-0.25, -0.2) is 4.98 Å². The molecule has 2 aliphatic rings. The SMILES string of the molecule is CC(C)(C)n1cc(SNC(=O)c2ccc(N3C=CC(OCC4(C(F)(F)F)CC4)N3)nc2Cl)cn1. The molecule has 0 bridgehead atoms. The average Bonchev–Trinajstić information content (AvgIpc) is 3.18. The summed E-state index contributed by atoms with van der Waals surface area (Å²) >= 11 is 7.34. The maximum absolute atomic E-state index is 13.1. The number of aromatic nitrogens is 3. The Hall–Kier alpha value is -2.28. The minimum Gasteiger partial charge on any atom is -0.357 e. The second-order valence-electron chi connectivity index (χ2n) is 9.18. The smallest absolute Gasteiger partial charge is 0.357 e. The number of pyridine rings is 1. The standard InChI is InChI=1S/C21H24ClF3N6O2S/c1-19(2,3)31-11-13(10-26-31)34-29-18(32)14-4-5-15(27-17(14)22)30-9-6-16(28-30)33-12-20(7-8-20)21(23,24)25/h4-6,9-11,16,28H,7-8,12H2,1-3H3,(H,29,32). The second-order valence-corrected chi connectivity index (χ2v) is 10.4. The molecule has 1 fully saturated rings. The summed E-state index contributed by atoms with van der Waals surface area (Å²) in [4.78, 5) is 17.5. The van der Waals surface area contributed by atoms with Crippen LogP contribution in [0.2, 0.25) is 5.15 Å². The Bertz CT molecular complexity index is 1100. The van der Waals surface area contributed by atoms with Crippen molar-refractivity contribution < 1.29 is 22.7 Å². The van der Waals surface area contributed by atoms with Crippen molar-refractivity contribution in [3.63, 3.8) is 0 Å². The van der Waals surface area contributed by atoms with Crippen LogP contribution in [0, 0.1) is 5.41 Å². The maximum atomic E-state index is 13.1. The number of hydrogen-bond donors (Lipinski definition) is 2. The summed E-state index contributed by atoms with van der Waals surface area (Å²) in [5, 5.41) is 5.74. The van der Waals surface area contributed by atoms with E-state index in [-0.39, 0.29) is 29.1 Å². The lowest BCUT2D eigenvalue weighted by Crippen LogP contribution is -2.40. The Labute approximate surface area is 204 Å². The molecule has 184 valence electrons. The molecule has 2 aromatic rings. The molecule has 3 heterocycles. The number of ether oxygens (including phenoxy) is 1. The highest BCUT2D eigenvalue weighted by Crippen LogP contribution is 2.57. The van der Waals surface area contributed by atoms with E-state index < -0.39 is 30.3 Å². The van der Waals surface area contributed by atoms with Crippen LogP contribution in [0.3, 0.4) is 0 Å². The van der Waals surface area contributed by atoms with Crippen LogP contribution in [0.5, 0.6) is 0 Å². The van der Waals surface area contributed by atoms with Crippen LogP contribution in [0.25, 0.3) is 0 Å². The molecule has 0 spiro atoms. The van der Waals surface area contributed by atoms with Crippen LogP contribution < -0.4 is 15.2 Å². The first-order chi connectivity index (χ1) is 15.9. The van der Waals surface area contributed by atoms with Crippen molar-refractivity contribution in [3.05, 3.63) is 47.5 Å². The zero-order valence-corrected chi connectivity index (χ0v) is 20.3. The molecule has 1 aliphatic carbocycles. The topological polar surface area (TPSA) is 84.3 Å². The Balaban J connectivity index is 1.31. The molecule has 1 unspecified atom stereocenters. The first-order valence-corrected chi connectivity index (χ1v) is 11.7. The van der Waals surface area contributed by atoms with Gasteiger partial charge in [0.25, 0.3) is 5.91 Å². The van der Waals surface area contributed by atoms with Gasteiger partial charge in [-0.1, -0.05) is 11.6 Å². The maximum Gasteiger partial charge on any atom is 0.396 e. The highest BCUT2D eigenvalue weighted by molar-refractivity contribution is 7.98. The Morgan fingerprint density at radius 1 is 1.35 bits per heavy atom. The predicted molar refractivity (Wildman–Crippen MR) is 122 cm³/mol. The molecule has 1 aliphatic heterocycles. The molecule has 8 nitrogen and oxygen atoms in total. The fourth-order valence-corrected chi connectivity index (χ4v) is 3.96. The molecule has 1 amide bonds. The number of anilines is 1. The number of nitrogens with zero attached hydrogens (tertiary/aromatic N) is 4. The zero-order valence-electron chi connectivity index (χ0n) is 18.7. The van der Waals surface area contributed by atoms with E-state index in [0.29, 0.717) is 5.82 Å². The van der Waals surface area contributed by atoms with Gasteiger partial charge in [-0.15, -0.1) is 0 Å². The lowest BCUT2D eigenvalue weighted by Gasteiger charge is -2.23. The van der Waals surface area contributed by atoms with Crippen molar-refractivity contribution in [2.75, 3.05) is 11.6 Å². The van der Waals surface area contributed by atoms with Crippen LogP contribution in [0.1, 0.15) is 44.0 Å². The molecule has 0 saturated heterocycles.